The highest BCUT2D eigenvalue weighted by molar-refractivity contribution is 6.03. The molecule has 0 bridgehead atoms. The summed E-state index contributed by atoms with van der Waals surface area (Å²) in [6.45, 7) is 1.44. The minimum absolute atomic E-state index is 0.0235. The number of rotatable bonds is 7. The van der Waals surface area contributed by atoms with Crippen molar-refractivity contribution in [1.82, 2.24) is 10.6 Å². The van der Waals surface area contributed by atoms with E-state index in [1.165, 1.54) is 30.2 Å². The first-order valence-electron chi connectivity index (χ1n) is 11.2. The molecule has 0 aromatic heterocycles. The summed E-state index contributed by atoms with van der Waals surface area (Å²) >= 11 is 0. The van der Waals surface area contributed by atoms with Gasteiger partial charge in [0.1, 0.15) is 18.4 Å². The van der Waals surface area contributed by atoms with Gasteiger partial charge in [0, 0.05) is 11.7 Å². The number of aryl methyl sites for hydroxylation is 1. The highest BCUT2D eigenvalue weighted by Gasteiger charge is 2.35. The Hall–Kier alpha value is -3.42. The van der Waals surface area contributed by atoms with E-state index < -0.39 is 30.4 Å². The number of anilines is 1. The summed E-state index contributed by atoms with van der Waals surface area (Å²) in [5.41, 5.74) is 1.66. The number of carbonyl (C=O) groups excluding carboxylic acids is 3. The lowest BCUT2D eigenvalue weighted by Crippen LogP contribution is -2.50. The predicted molar refractivity (Wildman–Crippen MR) is 123 cm³/mol. The quantitative estimate of drug-likeness (QED) is 0.660. The SMILES string of the molecule is COC(=O)NCC(=O)N(c1cccc(F)c1)C(C(=O)NC1CCCCC1)c1ccccc1C. The summed E-state index contributed by atoms with van der Waals surface area (Å²) in [4.78, 5) is 39.8. The van der Waals surface area contributed by atoms with Crippen molar-refractivity contribution >= 4 is 23.6 Å². The normalized spacial score (nSPS) is 14.8. The average Bonchev–Trinajstić information content (AvgIpc) is 2.82. The van der Waals surface area contributed by atoms with Crippen LogP contribution in [0.25, 0.3) is 0 Å². The fraction of sp³-hybridized carbons (Fsp3) is 0.400. The van der Waals surface area contributed by atoms with Gasteiger partial charge in [-0.05, 0) is 49.1 Å². The zero-order valence-corrected chi connectivity index (χ0v) is 19.0. The molecule has 8 heteroatoms. The Balaban J connectivity index is 2.03. The van der Waals surface area contributed by atoms with Crippen LogP contribution in [0.2, 0.25) is 0 Å². The molecule has 0 radical (unpaired) electrons. The van der Waals surface area contributed by atoms with Gasteiger partial charge in [0.15, 0.2) is 0 Å². The van der Waals surface area contributed by atoms with Gasteiger partial charge in [-0.2, -0.15) is 0 Å². The molecule has 0 aliphatic heterocycles. The van der Waals surface area contributed by atoms with Crippen molar-refractivity contribution in [3.8, 4) is 0 Å². The van der Waals surface area contributed by atoms with Gasteiger partial charge in [0.2, 0.25) is 11.8 Å². The van der Waals surface area contributed by atoms with Crippen LogP contribution in [-0.4, -0.2) is 37.6 Å². The number of nitrogens with zero attached hydrogens (tertiary/aromatic N) is 1. The lowest BCUT2D eigenvalue weighted by molar-refractivity contribution is -0.127. The van der Waals surface area contributed by atoms with Crippen molar-refractivity contribution in [2.24, 2.45) is 0 Å². The van der Waals surface area contributed by atoms with E-state index in [0.29, 0.717) is 5.56 Å². The molecule has 2 N–H and O–H groups in total. The van der Waals surface area contributed by atoms with Gasteiger partial charge in [0.25, 0.3) is 0 Å². The van der Waals surface area contributed by atoms with E-state index in [9.17, 15) is 18.8 Å². The Labute approximate surface area is 193 Å². The van der Waals surface area contributed by atoms with Crippen LogP contribution in [0.4, 0.5) is 14.9 Å². The van der Waals surface area contributed by atoms with Gasteiger partial charge < -0.3 is 15.4 Å². The molecule has 7 nitrogen and oxygen atoms in total. The number of amides is 3. The Bertz CT molecular complexity index is 991. The molecule has 176 valence electrons. The van der Waals surface area contributed by atoms with E-state index in [-0.39, 0.29) is 17.6 Å². The first-order valence-corrected chi connectivity index (χ1v) is 11.2. The Kier molecular flexibility index (Phi) is 8.40. The average molecular weight is 456 g/mol. The second kappa shape index (κ2) is 11.4. The highest BCUT2D eigenvalue weighted by Crippen LogP contribution is 2.31. The van der Waals surface area contributed by atoms with Crippen molar-refractivity contribution in [2.75, 3.05) is 18.6 Å². The third-order valence-electron chi connectivity index (χ3n) is 5.87. The lowest BCUT2D eigenvalue weighted by atomic mass is 9.93. The van der Waals surface area contributed by atoms with Crippen LogP contribution in [0.1, 0.15) is 49.3 Å². The fourth-order valence-corrected chi connectivity index (χ4v) is 4.19. The Morgan fingerprint density at radius 2 is 1.82 bits per heavy atom. The maximum atomic E-state index is 14.2. The first-order chi connectivity index (χ1) is 15.9. The topological polar surface area (TPSA) is 87.7 Å². The number of benzene rings is 2. The van der Waals surface area contributed by atoms with Crippen molar-refractivity contribution in [2.45, 2.75) is 51.1 Å². The second-order valence-corrected chi connectivity index (χ2v) is 8.19. The van der Waals surface area contributed by atoms with Crippen LogP contribution >= 0.6 is 0 Å². The van der Waals surface area contributed by atoms with E-state index in [0.717, 1.165) is 37.7 Å². The van der Waals surface area contributed by atoms with Crippen LogP contribution in [-0.2, 0) is 14.3 Å². The van der Waals surface area contributed by atoms with Gasteiger partial charge in [-0.1, -0.05) is 49.6 Å². The number of hydrogen-bond donors (Lipinski definition) is 2. The van der Waals surface area contributed by atoms with E-state index in [1.807, 2.05) is 19.1 Å². The molecule has 33 heavy (non-hydrogen) atoms. The molecule has 3 rings (SSSR count). The number of ether oxygens (including phenoxy) is 1. The lowest BCUT2D eigenvalue weighted by Gasteiger charge is -2.34. The maximum absolute atomic E-state index is 14.2. The number of alkyl carbamates (subject to hydrolysis) is 1. The molecule has 0 spiro atoms. The first kappa shape index (κ1) is 24.2. The summed E-state index contributed by atoms with van der Waals surface area (Å²) < 4.78 is 18.7. The van der Waals surface area contributed by atoms with Crippen molar-refractivity contribution in [3.05, 3.63) is 65.5 Å². The minimum Gasteiger partial charge on any atom is -0.453 e. The molecule has 2 aromatic carbocycles. The van der Waals surface area contributed by atoms with Crippen LogP contribution in [0, 0.1) is 12.7 Å². The molecule has 1 atom stereocenters. The van der Waals surface area contributed by atoms with Gasteiger partial charge in [-0.15, -0.1) is 0 Å². The standard InChI is InChI=1S/C25H30FN3O4/c1-17-9-6-7-14-21(17)23(24(31)28-19-11-4-3-5-12-19)29(20-13-8-10-18(26)15-20)22(30)16-27-25(32)33-2/h6-10,13-15,19,23H,3-5,11-12,16H2,1-2H3,(H,27,32)(H,28,31). The van der Waals surface area contributed by atoms with Gasteiger partial charge in [0.05, 0.1) is 7.11 Å². The molecule has 1 unspecified atom stereocenters. The molecule has 1 aliphatic rings. The van der Waals surface area contributed by atoms with Crippen molar-refractivity contribution in [3.63, 3.8) is 0 Å². The Morgan fingerprint density at radius 1 is 1.09 bits per heavy atom. The molecule has 0 saturated heterocycles. The summed E-state index contributed by atoms with van der Waals surface area (Å²) in [5, 5.41) is 5.46. The molecule has 2 aromatic rings. The number of methoxy groups -OCH3 is 1. The summed E-state index contributed by atoms with van der Waals surface area (Å²) in [7, 11) is 1.19. The van der Waals surface area contributed by atoms with Gasteiger partial charge >= 0.3 is 6.09 Å². The monoisotopic (exact) mass is 455 g/mol. The minimum atomic E-state index is -1.04. The molecule has 1 fully saturated rings. The van der Waals surface area contributed by atoms with Crippen LogP contribution in [0.5, 0.6) is 0 Å². The summed E-state index contributed by atoms with van der Waals surface area (Å²) in [6, 6.07) is 11.8. The van der Waals surface area contributed by atoms with E-state index in [1.54, 1.807) is 18.2 Å². The number of halogens is 1. The number of carbonyl (C=O) groups is 3. The molecule has 0 heterocycles. The number of hydrogen-bond acceptors (Lipinski definition) is 4. The maximum Gasteiger partial charge on any atom is 0.407 e. The van der Waals surface area contributed by atoms with Crippen molar-refractivity contribution in [1.29, 1.82) is 0 Å². The summed E-state index contributed by atoms with van der Waals surface area (Å²) in [5.74, 6) is -1.45. The molecular formula is C25H30FN3O4. The second-order valence-electron chi connectivity index (χ2n) is 8.19. The largest absolute Gasteiger partial charge is 0.453 e. The molecule has 1 aliphatic carbocycles. The van der Waals surface area contributed by atoms with Gasteiger partial charge in [-0.25, -0.2) is 9.18 Å². The predicted octanol–water partition coefficient (Wildman–Crippen LogP) is 4.01. The van der Waals surface area contributed by atoms with E-state index >= 15 is 0 Å². The van der Waals surface area contributed by atoms with E-state index in [4.69, 9.17) is 0 Å². The molecule has 3 amide bonds. The molecular weight excluding hydrogens is 425 g/mol. The van der Waals surface area contributed by atoms with Crippen molar-refractivity contribution < 1.29 is 23.5 Å². The van der Waals surface area contributed by atoms with E-state index in [2.05, 4.69) is 15.4 Å². The smallest absolute Gasteiger partial charge is 0.407 e. The van der Waals surface area contributed by atoms with Crippen LogP contribution in [0.15, 0.2) is 48.5 Å². The third-order valence-corrected chi connectivity index (χ3v) is 5.87. The number of nitrogens with one attached hydrogen (secondary N) is 2. The van der Waals surface area contributed by atoms with Crippen LogP contribution < -0.4 is 15.5 Å². The molecule has 1 saturated carbocycles. The fourth-order valence-electron chi connectivity index (χ4n) is 4.19. The Morgan fingerprint density at radius 3 is 2.48 bits per heavy atom. The van der Waals surface area contributed by atoms with Gasteiger partial charge in [-0.3, -0.25) is 14.5 Å². The summed E-state index contributed by atoms with van der Waals surface area (Å²) in [6.07, 6.45) is 4.20. The highest BCUT2D eigenvalue weighted by atomic mass is 19.1. The van der Waals surface area contributed by atoms with Crippen LogP contribution in [0.3, 0.4) is 0 Å². The zero-order valence-electron chi connectivity index (χ0n) is 19.0. The third kappa shape index (κ3) is 6.31. The zero-order chi connectivity index (χ0) is 23.8.